The molecule has 35 heavy (non-hydrogen) atoms. The first kappa shape index (κ1) is 25.9. The molecule has 1 aromatic heterocycles. The third-order valence-corrected chi connectivity index (χ3v) is 7.28. The maximum atomic E-state index is 14.7. The highest BCUT2D eigenvalue weighted by atomic mass is 35.5. The van der Waals surface area contributed by atoms with E-state index in [4.69, 9.17) is 16.3 Å². The molecule has 1 N–H and O–H groups in total. The molecular weight excluding hydrogens is 479 g/mol. The molecule has 3 atom stereocenters. The molecule has 9 heteroatoms. The molecule has 1 aliphatic carbocycles. The van der Waals surface area contributed by atoms with Gasteiger partial charge in [-0.25, -0.2) is 23.1 Å². The van der Waals surface area contributed by atoms with Crippen molar-refractivity contribution >= 4 is 23.2 Å². The van der Waals surface area contributed by atoms with Crippen LogP contribution in [0, 0.1) is 17.7 Å². The van der Waals surface area contributed by atoms with Crippen LogP contribution >= 0.6 is 11.6 Å². The van der Waals surface area contributed by atoms with Crippen molar-refractivity contribution in [1.29, 1.82) is 0 Å². The first-order chi connectivity index (χ1) is 16.8. The van der Waals surface area contributed by atoms with Gasteiger partial charge in [0, 0.05) is 36.7 Å². The number of rotatable bonds is 8. The van der Waals surface area contributed by atoms with Gasteiger partial charge in [0.05, 0.1) is 17.3 Å². The lowest BCUT2D eigenvalue weighted by Crippen LogP contribution is -2.20. The average Bonchev–Trinajstić information content (AvgIpc) is 3.20. The number of fused-ring (bicyclic) bond motifs is 1. The average molecular weight is 510 g/mol. The highest BCUT2D eigenvalue weighted by Crippen LogP contribution is 2.36. The Bertz CT molecular complexity index is 1040. The molecule has 0 bridgehead atoms. The third-order valence-electron chi connectivity index (χ3n) is 7.11. The Hall–Kier alpha value is -2.19. The number of alkyl halides is 2. The zero-order valence-electron chi connectivity index (χ0n) is 19.8. The van der Waals surface area contributed by atoms with Crippen LogP contribution in [-0.2, 0) is 22.4 Å². The quantitative estimate of drug-likeness (QED) is 0.403. The summed E-state index contributed by atoms with van der Waals surface area (Å²) in [7, 11) is 0. The Morgan fingerprint density at radius 1 is 1.17 bits per heavy atom. The zero-order valence-corrected chi connectivity index (χ0v) is 20.6. The van der Waals surface area contributed by atoms with Crippen molar-refractivity contribution in [3.8, 4) is 0 Å². The van der Waals surface area contributed by atoms with E-state index in [0.717, 1.165) is 56.0 Å². The number of anilines is 1. The molecule has 0 amide bonds. The summed E-state index contributed by atoms with van der Waals surface area (Å²) in [5, 5.41) is 3.23. The van der Waals surface area contributed by atoms with Gasteiger partial charge in [-0.05, 0) is 63.0 Å². The number of hydrogen-bond acceptors (Lipinski definition) is 5. The second kappa shape index (κ2) is 11.7. The zero-order chi connectivity index (χ0) is 24.9. The molecule has 1 saturated heterocycles. The van der Waals surface area contributed by atoms with Crippen LogP contribution in [-0.4, -0.2) is 29.0 Å². The molecule has 1 fully saturated rings. The number of aromatic nitrogens is 2. The van der Waals surface area contributed by atoms with E-state index < -0.39 is 23.8 Å². The van der Waals surface area contributed by atoms with Crippen LogP contribution in [0.4, 0.5) is 19.0 Å². The molecule has 2 unspecified atom stereocenters. The van der Waals surface area contributed by atoms with E-state index in [0.29, 0.717) is 37.5 Å². The van der Waals surface area contributed by atoms with Crippen molar-refractivity contribution in [3.05, 3.63) is 51.7 Å². The number of carbonyl (C=O) groups is 1. The molecule has 190 valence electrons. The van der Waals surface area contributed by atoms with Crippen molar-refractivity contribution in [2.75, 3.05) is 18.5 Å². The van der Waals surface area contributed by atoms with Gasteiger partial charge in [-0.3, -0.25) is 4.79 Å². The normalized spacial score (nSPS) is 21.3. The summed E-state index contributed by atoms with van der Waals surface area (Å²) >= 11 is 6.16. The number of nitrogens with zero attached hydrogens (tertiary/aromatic N) is 2. The number of benzene rings is 1. The lowest BCUT2D eigenvalue weighted by molar-refractivity contribution is -0.124. The van der Waals surface area contributed by atoms with Gasteiger partial charge in [-0.15, -0.1) is 0 Å². The molecule has 2 aliphatic rings. The van der Waals surface area contributed by atoms with E-state index in [2.05, 4.69) is 15.3 Å². The van der Waals surface area contributed by atoms with Crippen LogP contribution in [0.5, 0.6) is 0 Å². The number of ketones is 1. The Morgan fingerprint density at radius 2 is 1.97 bits per heavy atom. The minimum Gasteiger partial charge on any atom is -0.381 e. The van der Waals surface area contributed by atoms with Crippen LogP contribution in [0.15, 0.2) is 18.2 Å². The van der Waals surface area contributed by atoms with Crippen molar-refractivity contribution in [2.24, 2.45) is 11.8 Å². The Kier molecular flexibility index (Phi) is 8.65. The summed E-state index contributed by atoms with van der Waals surface area (Å²) in [5.74, 6) is 0.180. The number of halogens is 4. The maximum absolute atomic E-state index is 14.7. The SMILES string of the molecule is C[C@@H](Nc1nc(Cl)nc2c1CC(CCC(=O)C1CCCCOCC1)C2)c1cccc(C(F)F)c1F. The fourth-order valence-corrected chi connectivity index (χ4v) is 5.32. The molecule has 2 aromatic rings. The van der Waals surface area contributed by atoms with E-state index in [1.54, 1.807) is 6.92 Å². The van der Waals surface area contributed by atoms with Gasteiger partial charge in [0.1, 0.15) is 17.4 Å². The Morgan fingerprint density at radius 3 is 2.77 bits per heavy atom. The number of ether oxygens (including phenoxy) is 1. The van der Waals surface area contributed by atoms with Gasteiger partial charge in [0.2, 0.25) is 5.28 Å². The molecule has 5 nitrogen and oxygen atoms in total. The van der Waals surface area contributed by atoms with Crippen molar-refractivity contribution in [2.45, 2.75) is 70.8 Å². The van der Waals surface area contributed by atoms with Crippen LogP contribution in [0.1, 0.15) is 80.3 Å². The molecule has 2 heterocycles. The van der Waals surface area contributed by atoms with Gasteiger partial charge >= 0.3 is 0 Å². The summed E-state index contributed by atoms with van der Waals surface area (Å²) in [4.78, 5) is 21.5. The third kappa shape index (κ3) is 6.33. The van der Waals surface area contributed by atoms with Crippen molar-refractivity contribution < 1.29 is 22.7 Å². The van der Waals surface area contributed by atoms with E-state index >= 15 is 0 Å². The summed E-state index contributed by atoms with van der Waals surface area (Å²) < 4.78 is 46.5. The minimum atomic E-state index is -2.89. The van der Waals surface area contributed by atoms with Gasteiger partial charge in [-0.1, -0.05) is 24.6 Å². The predicted molar refractivity (Wildman–Crippen MR) is 128 cm³/mol. The lowest BCUT2D eigenvalue weighted by Gasteiger charge is -2.20. The van der Waals surface area contributed by atoms with Gasteiger partial charge in [0.25, 0.3) is 6.43 Å². The van der Waals surface area contributed by atoms with Gasteiger partial charge in [0.15, 0.2) is 0 Å². The monoisotopic (exact) mass is 509 g/mol. The minimum absolute atomic E-state index is 0.0743. The largest absolute Gasteiger partial charge is 0.381 e. The predicted octanol–water partition coefficient (Wildman–Crippen LogP) is 6.65. The molecular formula is C26H31ClF3N3O2. The standard InChI is InChI=1S/C26H31ClF3N3O2/c1-15(18-6-4-7-19(23(18)28)24(29)30)31-25-20-13-16(14-21(20)32-26(27)33-25)8-9-22(34)17-5-2-3-11-35-12-10-17/h4,6-7,15-17,24H,2-3,5,8-14H2,1H3,(H,31,32,33)/t15-,16?,17?/m1/s1. The van der Waals surface area contributed by atoms with Crippen LogP contribution < -0.4 is 5.32 Å². The highest BCUT2D eigenvalue weighted by Gasteiger charge is 2.29. The highest BCUT2D eigenvalue weighted by molar-refractivity contribution is 6.28. The first-order valence-electron chi connectivity index (χ1n) is 12.3. The smallest absolute Gasteiger partial charge is 0.266 e. The van der Waals surface area contributed by atoms with E-state index in [1.165, 1.54) is 12.1 Å². The molecule has 1 aliphatic heterocycles. The summed E-state index contributed by atoms with van der Waals surface area (Å²) in [6.45, 7) is 3.12. The second-order valence-corrected chi connectivity index (χ2v) is 9.89. The molecule has 0 radical (unpaired) electrons. The van der Waals surface area contributed by atoms with Crippen LogP contribution in [0.3, 0.4) is 0 Å². The number of Topliss-reactive ketones (excluding diaryl/α,β-unsaturated/α-hetero) is 1. The fourth-order valence-electron chi connectivity index (χ4n) is 5.13. The summed E-state index contributed by atoms with van der Waals surface area (Å²) in [6.07, 6.45) is 3.51. The maximum Gasteiger partial charge on any atom is 0.266 e. The van der Waals surface area contributed by atoms with Crippen LogP contribution in [0.2, 0.25) is 5.28 Å². The second-order valence-electron chi connectivity index (χ2n) is 9.56. The van der Waals surface area contributed by atoms with Crippen molar-refractivity contribution in [3.63, 3.8) is 0 Å². The molecule has 0 spiro atoms. The topological polar surface area (TPSA) is 64.1 Å². The molecule has 1 aromatic carbocycles. The van der Waals surface area contributed by atoms with Gasteiger partial charge in [-0.2, -0.15) is 0 Å². The molecule has 0 saturated carbocycles. The van der Waals surface area contributed by atoms with E-state index in [1.807, 2.05) is 0 Å². The summed E-state index contributed by atoms with van der Waals surface area (Å²) in [5.41, 5.74) is 1.22. The fraction of sp³-hybridized carbons (Fsp3) is 0.577. The number of hydrogen-bond donors (Lipinski definition) is 1. The Labute approximate surface area is 208 Å². The number of carbonyl (C=O) groups excluding carboxylic acids is 1. The van der Waals surface area contributed by atoms with E-state index in [9.17, 15) is 18.0 Å². The Balaban J connectivity index is 1.41. The van der Waals surface area contributed by atoms with Crippen LogP contribution in [0.25, 0.3) is 0 Å². The molecule has 4 rings (SSSR count). The van der Waals surface area contributed by atoms with Crippen molar-refractivity contribution in [1.82, 2.24) is 9.97 Å². The van der Waals surface area contributed by atoms with Gasteiger partial charge < -0.3 is 10.1 Å². The summed E-state index contributed by atoms with van der Waals surface area (Å²) in [6, 6.07) is 3.39. The first-order valence-corrected chi connectivity index (χ1v) is 12.7. The van der Waals surface area contributed by atoms with E-state index in [-0.39, 0.29) is 22.7 Å². The lowest BCUT2D eigenvalue weighted by atomic mass is 9.88. The number of nitrogens with one attached hydrogen (secondary N) is 1.